The predicted octanol–water partition coefficient (Wildman–Crippen LogP) is 14.3. The molecule has 0 saturated carbocycles. The maximum absolute atomic E-state index is 2.40. The number of rotatable bonds is 6. The van der Waals surface area contributed by atoms with Crippen LogP contribution in [0.5, 0.6) is 0 Å². The third kappa shape index (κ3) is 5.59. The quantitative estimate of drug-likeness (QED) is 0.159. The van der Waals surface area contributed by atoms with Crippen molar-refractivity contribution in [2.75, 3.05) is 4.90 Å². The largest absolute Gasteiger partial charge is 0.310 e. The van der Waals surface area contributed by atoms with E-state index in [2.05, 4.69) is 205 Å². The van der Waals surface area contributed by atoms with Crippen molar-refractivity contribution in [1.82, 2.24) is 0 Å². The molecule has 10 rings (SSSR count). The molecular formula is C52H37N. The SMILES string of the molecule is C1=C(c2ccc(N(c3ccc(-c4cc5ccc6ccccc6c5c5ccccc45)cc3)c3cccc(-c4ccccc4)c3)cc2)c2ccccc2CC1. The zero-order chi connectivity index (χ0) is 35.1. The van der Waals surface area contributed by atoms with Crippen LogP contribution in [0.4, 0.5) is 17.1 Å². The van der Waals surface area contributed by atoms with E-state index in [1.54, 1.807) is 0 Å². The molecule has 0 atom stereocenters. The van der Waals surface area contributed by atoms with Gasteiger partial charge in [-0.25, -0.2) is 0 Å². The monoisotopic (exact) mass is 675 g/mol. The van der Waals surface area contributed by atoms with Gasteiger partial charge in [0.05, 0.1) is 0 Å². The van der Waals surface area contributed by atoms with Gasteiger partial charge in [0.1, 0.15) is 0 Å². The van der Waals surface area contributed by atoms with E-state index in [0.29, 0.717) is 0 Å². The topological polar surface area (TPSA) is 3.24 Å². The summed E-state index contributed by atoms with van der Waals surface area (Å²) in [6.07, 6.45) is 4.57. The van der Waals surface area contributed by atoms with Crippen LogP contribution in [0.25, 0.3) is 60.1 Å². The highest BCUT2D eigenvalue weighted by molar-refractivity contribution is 6.23. The van der Waals surface area contributed by atoms with E-state index < -0.39 is 0 Å². The van der Waals surface area contributed by atoms with E-state index in [0.717, 1.165) is 29.9 Å². The Morgan fingerprint density at radius 1 is 0.358 bits per heavy atom. The van der Waals surface area contributed by atoms with Crippen LogP contribution in [0.3, 0.4) is 0 Å². The summed E-state index contributed by atoms with van der Waals surface area (Å²) in [4.78, 5) is 2.38. The molecular weight excluding hydrogens is 639 g/mol. The Morgan fingerprint density at radius 3 is 1.81 bits per heavy atom. The van der Waals surface area contributed by atoms with Gasteiger partial charge in [0.15, 0.2) is 0 Å². The molecule has 53 heavy (non-hydrogen) atoms. The number of aryl methyl sites for hydroxylation is 1. The predicted molar refractivity (Wildman–Crippen MR) is 226 cm³/mol. The van der Waals surface area contributed by atoms with Crippen LogP contribution in [-0.2, 0) is 6.42 Å². The van der Waals surface area contributed by atoms with Crippen LogP contribution in [0, 0.1) is 0 Å². The molecule has 1 heteroatoms. The highest BCUT2D eigenvalue weighted by atomic mass is 15.1. The minimum absolute atomic E-state index is 1.07. The van der Waals surface area contributed by atoms with E-state index in [9.17, 15) is 0 Å². The summed E-state index contributed by atoms with van der Waals surface area (Å²) in [5, 5.41) is 7.70. The third-order valence-electron chi connectivity index (χ3n) is 10.9. The van der Waals surface area contributed by atoms with E-state index in [4.69, 9.17) is 0 Å². The number of anilines is 3. The normalized spacial score (nSPS) is 12.5. The summed E-state index contributed by atoms with van der Waals surface area (Å²) >= 11 is 0. The van der Waals surface area contributed by atoms with Crippen LogP contribution < -0.4 is 4.90 Å². The maximum Gasteiger partial charge on any atom is 0.0467 e. The molecule has 9 aromatic rings. The lowest BCUT2D eigenvalue weighted by atomic mass is 9.87. The summed E-state index contributed by atoms with van der Waals surface area (Å²) in [5.41, 5.74) is 13.6. The maximum atomic E-state index is 2.40. The van der Waals surface area contributed by atoms with Crippen molar-refractivity contribution in [3.05, 3.63) is 217 Å². The molecule has 250 valence electrons. The molecule has 0 unspecified atom stereocenters. The summed E-state index contributed by atoms with van der Waals surface area (Å²) in [6, 6.07) is 71.1. The van der Waals surface area contributed by atoms with Crippen LogP contribution >= 0.6 is 0 Å². The molecule has 0 N–H and O–H groups in total. The molecule has 1 aliphatic carbocycles. The average molecular weight is 676 g/mol. The molecule has 9 aromatic carbocycles. The van der Waals surface area contributed by atoms with Crippen LogP contribution in [0.1, 0.15) is 23.1 Å². The van der Waals surface area contributed by atoms with Crippen molar-refractivity contribution in [2.24, 2.45) is 0 Å². The van der Waals surface area contributed by atoms with Crippen molar-refractivity contribution in [1.29, 1.82) is 0 Å². The lowest BCUT2D eigenvalue weighted by Gasteiger charge is -2.27. The summed E-state index contributed by atoms with van der Waals surface area (Å²) in [7, 11) is 0. The Labute approximate surface area is 310 Å². The highest BCUT2D eigenvalue weighted by Gasteiger charge is 2.18. The highest BCUT2D eigenvalue weighted by Crippen LogP contribution is 2.42. The first-order valence-electron chi connectivity index (χ1n) is 18.6. The fraction of sp³-hybridized carbons (Fsp3) is 0.0385. The van der Waals surface area contributed by atoms with Crippen molar-refractivity contribution < 1.29 is 0 Å². The minimum Gasteiger partial charge on any atom is -0.310 e. The van der Waals surface area contributed by atoms with Gasteiger partial charge in [0.2, 0.25) is 0 Å². The Morgan fingerprint density at radius 2 is 1.00 bits per heavy atom. The first-order valence-corrected chi connectivity index (χ1v) is 18.6. The molecule has 0 fully saturated rings. The number of hydrogen-bond acceptors (Lipinski definition) is 1. The second-order valence-electron chi connectivity index (χ2n) is 14.0. The third-order valence-corrected chi connectivity index (χ3v) is 10.9. The Balaban J connectivity index is 1.08. The molecule has 1 nitrogen and oxygen atoms in total. The van der Waals surface area contributed by atoms with Gasteiger partial charge in [-0.15, -0.1) is 0 Å². The standard InChI is InChI=1S/C52H37N/c1-2-12-36(13-3-1)41-17-10-18-45(34-41)53(43-30-26-39(27-31-43)47-23-11-16-37-14-4-6-19-46(37)47)44-32-28-40(29-33-44)51-35-42-25-24-38-15-5-7-20-48(38)52(42)50-22-9-8-21-49(50)51/h1-10,12-15,17-35H,11,16H2. The molecule has 0 radical (unpaired) electrons. The van der Waals surface area contributed by atoms with E-state index in [-0.39, 0.29) is 0 Å². The first-order chi connectivity index (χ1) is 26.3. The van der Waals surface area contributed by atoms with Crippen LogP contribution in [0.2, 0.25) is 0 Å². The summed E-state index contributed by atoms with van der Waals surface area (Å²) < 4.78 is 0. The average Bonchev–Trinajstić information content (AvgIpc) is 3.24. The number of fused-ring (bicyclic) bond motifs is 6. The van der Waals surface area contributed by atoms with Gasteiger partial charge in [0, 0.05) is 17.1 Å². The Hall–Kier alpha value is -6.70. The number of benzene rings is 9. The number of allylic oxidation sites excluding steroid dienone is 1. The molecule has 1 aliphatic rings. The Bertz CT molecular complexity index is 2810. The van der Waals surface area contributed by atoms with Crippen molar-refractivity contribution in [2.45, 2.75) is 12.8 Å². The lowest BCUT2D eigenvalue weighted by molar-refractivity contribution is 0.978. The summed E-state index contributed by atoms with van der Waals surface area (Å²) in [5.74, 6) is 0. The molecule has 0 aromatic heterocycles. The number of nitrogens with zero attached hydrogens (tertiary/aromatic N) is 1. The van der Waals surface area contributed by atoms with E-state index in [1.807, 2.05) is 0 Å². The smallest absolute Gasteiger partial charge is 0.0467 e. The Kier molecular flexibility index (Phi) is 7.69. The van der Waals surface area contributed by atoms with Crippen LogP contribution in [0.15, 0.2) is 200 Å². The zero-order valence-electron chi connectivity index (χ0n) is 29.4. The van der Waals surface area contributed by atoms with Crippen molar-refractivity contribution in [3.8, 4) is 22.3 Å². The van der Waals surface area contributed by atoms with Gasteiger partial charge in [0.25, 0.3) is 0 Å². The molecule has 0 saturated heterocycles. The number of hydrogen-bond donors (Lipinski definition) is 0. The zero-order valence-corrected chi connectivity index (χ0v) is 29.4. The van der Waals surface area contributed by atoms with Crippen LogP contribution in [-0.4, -0.2) is 0 Å². The van der Waals surface area contributed by atoms with Gasteiger partial charge in [-0.2, -0.15) is 0 Å². The molecule has 0 bridgehead atoms. The van der Waals surface area contributed by atoms with E-state index in [1.165, 1.54) is 76.8 Å². The van der Waals surface area contributed by atoms with Gasteiger partial charge < -0.3 is 4.90 Å². The second-order valence-corrected chi connectivity index (χ2v) is 14.0. The first kappa shape index (κ1) is 31.1. The van der Waals surface area contributed by atoms with Gasteiger partial charge in [-0.1, -0.05) is 158 Å². The summed E-state index contributed by atoms with van der Waals surface area (Å²) in [6.45, 7) is 0. The molecule has 0 heterocycles. The van der Waals surface area contributed by atoms with E-state index >= 15 is 0 Å². The van der Waals surface area contributed by atoms with Gasteiger partial charge >= 0.3 is 0 Å². The fourth-order valence-electron chi connectivity index (χ4n) is 8.36. The van der Waals surface area contributed by atoms with Crippen molar-refractivity contribution in [3.63, 3.8) is 0 Å². The lowest BCUT2D eigenvalue weighted by Crippen LogP contribution is -2.10. The van der Waals surface area contributed by atoms with Crippen molar-refractivity contribution >= 4 is 55.0 Å². The minimum atomic E-state index is 1.07. The van der Waals surface area contributed by atoms with Gasteiger partial charge in [-0.05, 0) is 132 Å². The second kappa shape index (κ2) is 13.1. The molecule has 0 aliphatic heterocycles. The fourth-order valence-corrected chi connectivity index (χ4v) is 8.36. The molecule has 0 spiro atoms. The van der Waals surface area contributed by atoms with Gasteiger partial charge in [-0.3, -0.25) is 0 Å². The molecule has 0 amide bonds.